The molecule has 0 unspecified atom stereocenters. The van der Waals surface area contributed by atoms with Gasteiger partial charge in [-0.2, -0.15) is 0 Å². The van der Waals surface area contributed by atoms with Gasteiger partial charge in [-0.25, -0.2) is 0 Å². The van der Waals surface area contributed by atoms with Crippen molar-refractivity contribution in [2.45, 2.75) is 53.0 Å². The first-order valence-corrected chi connectivity index (χ1v) is 8.17. The fourth-order valence-electron chi connectivity index (χ4n) is 1.27. The van der Waals surface area contributed by atoms with Crippen LogP contribution in [0.4, 0.5) is 0 Å². The lowest BCUT2D eigenvalue weighted by atomic mass is 10.4. The fraction of sp³-hybridized carbons (Fsp3) is 0.917. The Bertz CT molecular complexity index is 174. The highest BCUT2D eigenvalue weighted by atomic mass is 28.3. The minimum atomic E-state index is -1.40. The Morgan fingerprint density at radius 2 is 1.62 bits per heavy atom. The van der Waals surface area contributed by atoms with E-state index in [1.54, 1.807) is 0 Å². The summed E-state index contributed by atoms with van der Waals surface area (Å²) in [7, 11) is -1.40. The molecular weight excluding hydrogens is 218 g/mol. The highest BCUT2D eigenvalue weighted by molar-refractivity contribution is 6.44. The predicted octanol–water partition coefficient (Wildman–Crippen LogP) is 2.93. The molecule has 0 aromatic rings. The van der Waals surface area contributed by atoms with Crippen LogP contribution in [-0.2, 0) is 8.85 Å². The van der Waals surface area contributed by atoms with Crippen molar-refractivity contribution >= 4 is 15.0 Å². The number of aliphatic imine (C=N–C) groups is 1. The lowest BCUT2D eigenvalue weighted by Gasteiger charge is -2.15. The van der Waals surface area contributed by atoms with Gasteiger partial charge in [-0.15, -0.1) is 0 Å². The first kappa shape index (κ1) is 15.8. The Kier molecular flexibility index (Phi) is 11.2. The minimum Gasteiger partial charge on any atom is -0.397 e. The Balaban J connectivity index is 3.68. The Labute approximate surface area is 102 Å². The van der Waals surface area contributed by atoms with Crippen molar-refractivity contribution in [3.63, 3.8) is 0 Å². The second kappa shape index (κ2) is 11.3. The van der Waals surface area contributed by atoms with Crippen LogP contribution in [0, 0.1) is 0 Å². The van der Waals surface area contributed by atoms with E-state index >= 15 is 0 Å². The Hall–Kier alpha value is -0.193. The van der Waals surface area contributed by atoms with E-state index in [0.717, 1.165) is 50.8 Å². The lowest BCUT2D eigenvalue weighted by molar-refractivity contribution is 0.196. The van der Waals surface area contributed by atoms with Crippen molar-refractivity contribution in [2.24, 2.45) is 4.99 Å². The van der Waals surface area contributed by atoms with Crippen LogP contribution in [0.1, 0.15) is 47.0 Å². The summed E-state index contributed by atoms with van der Waals surface area (Å²) in [6.07, 6.45) is 3.24. The third kappa shape index (κ3) is 10.3. The first-order valence-electron chi connectivity index (χ1n) is 6.41. The number of rotatable bonds is 10. The summed E-state index contributed by atoms with van der Waals surface area (Å²) in [5.74, 6) is 0. The average Bonchev–Trinajstić information content (AvgIpc) is 2.26. The molecule has 0 N–H and O–H groups in total. The van der Waals surface area contributed by atoms with Gasteiger partial charge >= 0.3 is 9.28 Å². The molecule has 0 atom stereocenters. The van der Waals surface area contributed by atoms with E-state index in [2.05, 4.69) is 18.8 Å². The highest BCUT2D eigenvalue weighted by Crippen LogP contribution is 2.03. The van der Waals surface area contributed by atoms with Crippen LogP contribution in [-0.4, -0.2) is 34.8 Å². The van der Waals surface area contributed by atoms with Gasteiger partial charge in [0.05, 0.1) is 0 Å². The zero-order valence-corrected chi connectivity index (χ0v) is 12.4. The molecule has 0 aliphatic rings. The zero-order valence-electron chi connectivity index (χ0n) is 11.3. The van der Waals surface area contributed by atoms with Crippen molar-refractivity contribution in [2.75, 3.05) is 19.8 Å². The molecule has 0 saturated carbocycles. The van der Waals surface area contributed by atoms with Gasteiger partial charge in [0.25, 0.3) is 0 Å². The normalized spacial score (nSPS) is 10.8. The maximum absolute atomic E-state index is 5.77. The summed E-state index contributed by atoms with van der Waals surface area (Å²) < 4.78 is 11.5. The topological polar surface area (TPSA) is 30.8 Å². The van der Waals surface area contributed by atoms with Crippen LogP contribution >= 0.6 is 0 Å². The molecule has 96 valence electrons. The highest BCUT2D eigenvalue weighted by Gasteiger charge is 2.11. The van der Waals surface area contributed by atoms with Crippen LogP contribution < -0.4 is 0 Å². The van der Waals surface area contributed by atoms with E-state index in [0.29, 0.717) is 0 Å². The van der Waals surface area contributed by atoms with Crippen molar-refractivity contribution < 1.29 is 8.85 Å². The van der Waals surface area contributed by atoms with Crippen LogP contribution in [0.15, 0.2) is 4.99 Å². The van der Waals surface area contributed by atoms with Crippen LogP contribution in [0.3, 0.4) is 0 Å². The number of nitrogens with zero attached hydrogens (tertiary/aromatic N) is 1. The van der Waals surface area contributed by atoms with Gasteiger partial charge in [-0.1, -0.05) is 13.8 Å². The van der Waals surface area contributed by atoms with Crippen molar-refractivity contribution in [3.8, 4) is 0 Å². The van der Waals surface area contributed by atoms with Crippen molar-refractivity contribution in [3.05, 3.63) is 0 Å². The molecule has 0 spiro atoms. The summed E-state index contributed by atoms with van der Waals surface area (Å²) in [5.41, 5.74) is 1.15. The first-order chi connectivity index (χ1) is 7.70. The third-order valence-corrected chi connectivity index (χ3v) is 4.14. The molecule has 0 rings (SSSR count). The van der Waals surface area contributed by atoms with Gasteiger partial charge in [0, 0.05) is 25.5 Å². The molecule has 16 heavy (non-hydrogen) atoms. The van der Waals surface area contributed by atoms with Crippen molar-refractivity contribution in [1.82, 2.24) is 0 Å². The summed E-state index contributed by atoms with van der Waals surface area (Å²) >= 11 is 0. The lowest BCUT2D eigenvalue weighted by Crippen LogP contribution is -2.24. The van der Waals surface area contributed by atoms with Gasteiger partial charge in [0.2, 0.25) is 0 Å². The summed E-state index contributed by atoms with van der Waals surface area (Å²) in [4.78, 5) is 4.38. The molecule has 0 heterocycles. The maximum Gasteiger partial charge on any atom is 0.321 e. The molecule has 0 aliphatic heterocycles. The van der Waals surface area contributed by atoms with Crippen molar-refractivity contribution in [1.29, 1.82) is 0 Å². The van der Waals surface area contributed by atoms with Gasteiger partial charge in [-0.05, 0) is 39.2 Å². The molecular formula is C12H27NO2Si. The average molecular weight is 245 g/mol. The SMILES string of the molecule is CCCO[SiH](CCCN=C(C)C)OCCC. The van der Waals surface area contributed by atoms with E-state index in [1.807, 2.05) is 13.8 Å². The second-order valence-electron chi connectivity index (χ2n) is 4.14. The molecule has 4 heteroatoms. The van der Waals surface area contributed by atoms with Crippen LogP contribution in [0.2, 0.25) is 6.04 Å². The fourth-order valence-corrected chi connectivity index (χ4v) is 3.22. The van der Waals surface area contributed by atoms with E-state index in [-0.39, 0.29) is 0 Å². The Morgan fingerprint density at radius 3 is 2.06 bits per heavy atom. The largest absolute Gasteiger partial charge is 0.397 e. The molecule has 0 amide bonds. The quantitative estimate of drug-likeness (QED) is 0.336. The molecule has 0 fully saturated rings. The molecule has 3 nitrogen and oxygen atoms in total. The van der Waals surface area contributed by atoms with E-state index in [9.17, 15) is 0 Å². The van der Waals surface area contributed by atoms with Gasteiger partial charge in [0.1, 0.15) is 0 Å². The standard InChI is InChI=1S/C12H27NO2Si/c1-5-9-14-16(15-10-6-2)11-7-8-13-12(3)4/h16H,5-11H2,1-4H3. The van der Waals surface area contributed by atoms with E-state index in [1.165, 1.54) is 0 Å². The molecule has 0 bridgehead atoms. The summed E-state index contributed by atoms with van der Waals surface area (Å²) in [6, 6.07) is 1.08. The maximum atomic E-state index is 5.77. The summed E-state index contributed by atoms with van der Waals surface area (Å²) in [6.45, 7) is 10.9. The summed E-state index contributed by atoms with van der Waals surface area (Å²) in [5, 5.41) is 0. The van der Waals surface area contributed by atoms with Crippen LogP contribution in [0.5, 0.6) is 0 Å². The molecule has 0 aromatic carbocycles. The number of hydrogen-bond acceptors (Lipinski definition) is 3. The van der Waals surface area contributed by atoms with Gasteiger partial charge in [-0.3, -0.25) is 4.99 Å². The molecule has 0 saturated heterocycles. The van der Waals surface area contributed by atoms with Gasteiger partial charge in [0.15, 0.2) is 0 Å². The molecule has 0 radical (unpaired) electrons. The smallest absolute Gasteiger partial charge is 0.321 e. The zero-order chi connectivity index (χ0) is 12.2. The third-order valence-electron chi connectivity index (χ3n) is 2.04. The molecule has 0 aliphatic carbocycles. The van der Waals surface area contributed by atoms with E-state index < -0.39 is 9.28 Å². The monoisotopic (exact) mass is 245 g/mol. The number of hydrogen-bond donors (Lipinski definition) is 0. The minimum absolute atomic E-state index is 0.844. The predicted molar refractivity (Wildman–Crippen MR) is 72.7 cm³/mol. The Morgan fingerprint density at radius 1 is 1.06 bits per heavy atom. The van der Waals surface area contributed by atoms with Gasteiger partial charge < -0.3 is 8.85 Å². The van der Waals surface area contributed by atoms with E-state index in [4.69, 9.17) is 8.85 Å². The second-order valence-corrected chi connectivity index (χ2v) is 6.25. The molecule has 0 aromatic heterocycles. The van der Waals surface area contributed by atoms with Crippen LogP contribution in [0.25, 0.3) is 0 Å².